The summed E-state index contributed by atoms with van der Waals surface area (Å²) in [6.45, 7) is 1.47. The van der Waals surface area contributed by atoms with Gasteiger partial charge in [0, 0.05) is 39.0 Å². The zero-order valence-corrected chi connectivity index (χ0v) is 11.2. The van der Waals surface area contributed by atoms with Gasteiger partial charge in [-0.3, -0.25) is 9.78 Å². The maximum Gasteiger partial charge on any atom is 0.255 e. The van der Waals surface area contributed by atoms with Crippen LogP contribution in [0.3, 0.4) is 0 Å². The minimum Gasteiger partial charge on any atom is -0.393 e. The summed E-state index contributed by atoms with van der Waals surface area (Å²) in [5, 5.41) is 0. The number of nitrogens with two attached hydrogens (primary N) is 1. The van der Waals surface area contributed by atoms with Gasteiger partial charge < -0.3 is 15.4 Å². The van der Waals surface area contributed by atoms with Gasteiger partial charge in [-0.25, -0.2) is 0 Å². The van der Waals surface area contributed by atoms with E-state index in [0.717, 1.165) is 0 Å². The second-order valence-corrected chi connectivity index (χ2v) is 4.27. The van der Waals surface area contributed by atoms with E-state index < -0.39 is 0 Å². The third-order valence-electron chi connectivity index (χ3n) is 2.39. The summed E-state index contributed by atoms with van der Waals surface area (Å²) in [5.74, 6) is -0.0867. The molecule has 2 N–H and O–H groups in total. The van der Waals surface area contributed by atoms with Crippen molar-refractivity contribution in [3.63, 3.8) is 0 Å². The number of thiocarbonyl (C=S) groups is 1. The lowest BCUT2D eigenvalue weighted by Gasteiger charge is -2.22. The summed E-state index contributed by atoms with van der Waals surface area (Å²) in [4.78, 5) is 18.2. The number of carbonyl (C=O) groups excluding carboxylic acids is 1. The summed E-state index contributed by atoms with van der Waals surface area (Å²) in [5.41, 5.74) is 6.01. The Bertz CT molecular complexity index is 398. The zero-order chi connectivity index (χ0) is 13.4. The second-order valence-electron chi connectivity index (χ2n) is 3.74. The van der Waals surface area contributed by atoms with Crippen LogP contribution in [0, 0.1) is 0 Å². The van der Waals surface area contributed by atoms with Gasteiger partial charge in [0.05, 0.1) is 17.2 Å². The molecule has 1 amide bonds. The van der Waals surface area contributed by atoms with E-state index in [1.165, 1.54) is 0 Å². The molecule has 0 saturated carbocycles. The molecule has 5 nitrogen and oxygen atoms in total. The largest absolute Gasteiger partial charge is 0.393 e. The van der Waals surface area contributed by atoms with Crippen molar-refractivity contribution in [1.82, 2.24) is 9.88 Å². The highest BCUT2D eigenvalue weighted by Crippen LogP contribution is 2.04. The summed E-state index contributed by atoms with van der Waals surface area (Å²) in [6.07, 6.45) is 3.68. The Hall–Kier alpha value is -1.53. The van der Waals surface area contributed by atoms with E-state index in [2.05, 4.69) is 4.98 Å². The predicted molar refractivity (Wildman–Crippen MR) is 73.4 cm³/mol. The molecule has 0 unspecified atom stereocenters. The Morgan fingerprint density at radius 3 is 2.89 bits per heavy atom. The average Bonchev–Trinajstić information content (AvgIpc) is 2.39. The van der Waals surface area contributed by atoms with E-state index in [1.54, 1.807) is 36.5 Å². The lowest BCUT2D eigenvalue weighted by molar-refractivity contribution is 0.0701. The van der Waals surface area contributed by atoms with Crippen LogP contribution in [0.5, 0.6) is 0 Å². The Labute approximate surface area is 112 Å². The fraction of sp³-hybridized carbons (Fsp3) is 0.417. The molecule has 1 aromatic rings. The van der Waals surface area contributed by atoms with Crippen molar-refractivity contribution >= 4 is 23.1 Å². The molecule has 0 aliphatic carbocycles. The van der Waals surface area contributed by atoms with Gasteiger partial charge in [-0.1, -0.05) is 12.2 Å². The molecule has 0 spiro atoms. The zero-order valence-electron chi connectivity index (χ0n) is 10.3. The molecule has 0 aromatic carbocycles. The van der Waals surface area contributed by atoms with Gasteiger partial charge in [0.1, 0.15) is 0 Å². The number of hydrogen-bond acceptors (Lipinski definition) is 4. The van der Waals surface area contributed by atoms with Gasteiger partial charge in [-0.05, 0) is 12.1 Å². The van der Waals surface area contributed by atoms with Crippen molar-refractivity contribution < 1.29 is 9.53 Å². The van der Waals surface area contributed by atoms with Gasteiger partial charge in [-0.2, -0.15) is 0 Å². The number of nitrogens with zero attached hydrogens (tertiary/aromatic N) is 2. The van der Waals surface area contributed by atoms with Crippen LogP contribution in [-0.4, -0.2) is 47.6 Å². The average molecular weight is 267 g/mol. The van der Waals surface area contributed by atoms with Crippen molar-refractivity contribution in [1.29, 1.82) is 0 Å². The van der Waals surface area contributed by atoms with Crippen LogP contribution in [0.4, 0.5) is 0 Å². The Morgan fingerprint density at radius 1 is 1.56 bits per heavy atom. The molecular weight excluding hydrogens is 250 g/mol. The Balaban J connectivity index is 2.69. The van der Waals surface area contributed by atoms with Crippen LogP contribution in [-0.2, 0) is 4.74 Å². The normalized spacial score (nSPS) is 10.1. The Kier molecular flexibility index (Phi) is 6.24. The molecule has 0 radical (unpaired) electrons. The molecule has 0 atom stereocenters. The lowest BCUT2D eigenvalue weighted by atomic mass is 10.2. The van der Waals surface area contributed by atoms with Gasteiger partial charge >= 0.3 is 0 Å². The molecule has 0 saturated heterocycles. The smallest absolute Gasteiger partial charge is 0.255 e. The molecule has 1 aromatic heterocycles. The summed E-state index contributed by atoms with van der Waals surface area (Å²) in [7, 11) is 1.60. The number of methoxy groups -OCH3 is 1. The molecule has 1 heterocycles. The molecule has 18 heavy (non-hydrogen) atoms. The van der Waals surface area contributed by atoms with Crippen LogP contribution in [0.2, 0.25) is 0 Å². The van der Waals surface area contributed by atoms with Crippen LogP contribution in [0.25, 0.3) is 0 Å². The fourth-order valence-corrected chi connectivity index (χ4v) is 1.52. The molecule has 1 rings (SSSR count). The van der Waals surface area contributed by atoms with E-state index in [1.807, 2.05) is 0 Å². The number of amides is 1. The third kappa shape index (κ3) is 4.77. The quantitative estimate of drug-likeness (QED) is 0.742. The van der Waals surface area contributed by atoms with E-state index in [-0.39, 0.29) is 5.91 Å². The van der Waals surface area contributed by atoms with Crippen molar-refractivity contribution in [2.75, 3.05) is 26.8 Å². The van der Waals surface area contributed by atoms with E-state index in [0.29, 0.717) is 36.7 Å². The maximum absolute atomic E-state index is 12.2. The molecule has 98 valence electrons. The maximum atomic E-state index is 12.2. The van der Waals surface area contributed by atoms with E-state index >= 15 is 0 Å². The summed E-state index contributed by atoms with van der Waals surface area (Å²) < 4.78 is 4.99. The SMILES string of the molecule is COCCN(CCC(N)=S)C(=O)c1cccnc1. The van der Waals surface area contributed by atoms with E-state index in [4.69, 9.17) is 22.7 Å². The first-order chi connectivity index (χ1) is 8.65. The molecule has 0 aliphatic rings. The molecule has 0 fully saturated rings. The van der Waals surface area contributed by atoms with Gasteiger partial charge in [0.25, 0.3) is 5.91 Å². The van der Waals surface area contributed by atoms with Gasteiger partial charge in [0.2, 0.25) is 0 Å². The first-order valence-electron chi connectivity index (χ1n) is 5.61. The lowest BCUT2D eigenvalue weighted by Crippen LogP contribution is -2.36. The number of ether oxygens (including phenoxy) is 1. The highest BCUT2D eigenvalue weighted by atomic mass is 32.1. The van der Waals surface area contributed by atoms with Crippen LogP contribution in [0.1, 0.15) is 16.8 Å². The van der Waals surface area contributed by atoms with Crippen LogP contribution < -0.4 is 5.73 Å². The van der Waals surface area contributed by atoms with E-state index in [9.17, 15) is 4.79 Å². The topological polar surface area (TPSA) is 68.5 Å². The summed E-state index contributed by atoms with van der Waals surface area (Å²) >= 11 is 4.83. The molecular formula is C12H17N3O2S. The van der Waals surface area contributed by atoms with Gasteiger partial charge in [0.15, 0.2) is 0 Å². The number of pyridine rings is 1. The fourth-order valence-electron chi connectivity index (χ4n) is 1.43. The first kappa shape index (κ1) is 14.5. The molecule has 0 bridgehead atoms. The third-order valence-corrected chi connectivity index (χ3v) is 2.59. The van der Waals surface area contributed by atoms with Crippen molar-refractivity contribution in [3.8, 4) is 0 Å². The van der Waals surface area contributed by atoms with Gasteiger partial charge in [-0.15, -0.1) is 0 Å². The van der Waals surface area contributed by atoms with Crippen LogP contribution in [0.15, 0.2) is 24.5 Å². The first-order valence-corrected chi connectivity index (χ1v) is 6.02. The number of hydrogen-bond donors (Lipinski definition) is 1. The monoisotopic (exact) mass is 267 g/mol. The highest BCUT2D eigenvalue weighted by Gasteiger charge is 2.15. The second kappa shape index (κ2) is 7.73. The standard InChI is InChI=1S/C12H17N3O2S/c1-17-8-7-15(6-4-11(13)18)12(16)10-3-2-5-14-9-10/h2-3,5,9H,4,6-8H2,1H3,(H2,13,18). The Morgan fingerprint density at radius 2 is 2.33 bits per heavy atom. The number of aromatic nitrogens is 1. The molecule has 6 heteroatoms. The van der Waals surface area contributed by atoms with Crippen molar-refractivity contribution in [2.45, 2.75) is 6.42 Å². The van der Waals surface area contributed by atoms with Crippen molar-refractivity contribution in [2.24, 2.45) is 5.73 Å². The molecule has 0 aliphatic heterocycles. The highest BCUT2D eigenvalue weighted by molar-refractivity contribution is 7.80. The number of rotatable bonds is 7. The van der Waals surface area contributed by atoms with Crippen LogP contribution >= 0.6 is 12.2 Å². The number of carbonyl (C=O) groups is 1. The minimum absolute atomic E-state index is 0.0867. The predicted octanol–water partition coefficient (Wildman–Crippen LogP) is 0.846. The summed E-state index contributed by atoms with van der Waals surface area (Å²) in [6, 6.07) is 3.46. The van der Waals surface area contributed by atoms with Crippen molar-refractivity contribution in [3.05, 3.63) is 30.1 Å². The minimum atomic E-state index is -0.0867.